The van der Waals surface area contributed by atoms with Crippen LogP contribution in [-0.4, -0.2) is 16.2 Å². The monoisotopic (exact) mass is 278 g/mol. The van der Waals surface area contributed by atoms with Crippen LogP contribution in [0.5, 0.6) is 5.75 Å². The number of hydrogen-bond donors (Lipinski definition) is 2. The molecule has 3 aromatic rings. The maximum atomic E-state index is 11.5. The Hall–Kier alpha value is -2.81. The molecule has 3 rings (SSSR count). The van der Waals surface area contributed by atoms with Crippen LogP contribution in [0.15, 0.2) is 54.6 Å². The van der Waals surface area contributed by atoms with Crippen LogP contribution < -0.4 is 0 Å². The van der Waals surface area contributed by atoms with E-state index in [1.165, 1.54) is 0 Å². The topological polar surface area (TPSA) is 57.5 Å². The molecule has 3 heteroatoms. The summed E-state index contributed by atoms with van der Waals surface area (Å²) in [7, 11) is 0. The predicted molar refractivity (Wildman–Crippen MR) is 82.7 cm³/mol. The van der Waals surface area contributed by atoms with Gasteiger partial charge in [-0.15, -0.1) is 0 Å². The maximum absolute atomic E-state index is 11.5. The second-order valence-electron chi connectivity index (χ2n) is 4.94. The molecule has 0 bridgehead atoms. The third-order valence-electron chi connectivity index (χ3n) is 3.71. The molecule has 3 nitrogen and oxygen atoms in total. The van der Waals surface area contributed by atoms with Gasteiger partial charge in [-0.3, -0.25) is 0 Å². The van der Waals surface area contributed by atoms with Crippen LogP contribution in [-0.2, 0) is 0 Å². The summed E-state index contributed by atoms with van der Waals surface area (Å²) in [5.74, 6) is -1.29. The van der Waals surface area contributed by atoms with E-state index in [1.54, 1.807) is 19.1 Å². The lowest BCUT2D eigenvalue weighted by Gasteiger charge is -2.15. The summed E-state index contributed by atoms with van der Waals surface area (Å²) in [6, 6.07) is 16.9. The summed E-state index contributed by atoms with van der Waals surface area (Å²) in [6.07, 6.45) is 0. The number of fused-ring (bicyclic) bond motifs is 1. The van der Waals surface area contributed by atoms with Gasteiger partial charge < -0.3 is 10.2 Å². The van der Waals surface area contributed by atoms with Crippen LogP contribution in [0.2, 0.25) is 0 Å². The first-order valence-corrected chi connectivity index (χ1v) is 6.64. The minimum atomic E-state index is -1.12. The van der Waals surface area contributed by atoms with Gasteiger partial charge in [-0.2, -0.15) is 0 Å². The Kier molecular flexibility index (Phi) is 3.10. The Morgan fingerprint density at radius 1 is 0.905 bits per heavy atom. The number of aromatic hydroxyl groups is 1. The van der Waals surface area contributed by atoms with Gasteiger partial charge in [-0.25, -0.2) is 4.79 Å². The molecule has 0 aliphatic rings. The summed E-state index contributed by atoms with van der Waals surface area (Å²) in [5.41, 5.74) is 2.33. The second-order valence-corrected chi connectivity index (χ2v) is 4.94. The average molecular weight is 278 g/mol. The van der Waals surface area contributed by atoms with Gasteiger partial charge in [0.2, 0.25) is 0 Å². The smallest absolute Gasteiger partial charge is 0.339 e. The highest BCUT2D eigenvalue weighted by Crippen LogP contribution is 2.40. The summed E-state index contributed by atoms with van der Waals surface area (Å²) in [6.45, 7) is 1.73. The molecule has 0 fully saturated rings. The van der Waals surface area contributed by atoms with Gasteiger partial charge in [0, 0.05) is 5.39 Å². The Labute approximate surface area is 122 Å². The molecule has 0 amide bonds. The van der Waals surface area contributed by atoms with Gasteiger partial charge in [-0.05, 0) is 29.0 Å². The zero-order chi connectivity index (χ0) is 15.0. The Morgan fingerprint density at radius 3 is 2.10 bits per heavy atom. The molecule has 0 heterocycles. The molecular weight excluding hydrogens is 264 g/mol. The van der Waals surface area contributed by atoms with Gasteiger partial charge in [0.1, 0.15) is 11.3 Å². The van der Waals surface area contributed by atoms with Crippen molar-refractivity contribution >= 4 is 16.7 Å². The molecule has 21 heavy (non-hydrogen) atoms. The van der Waals surface area contributed by atoms with E-state index in [1.807, 2.05) is 42.5 Å². The largest absolute Gasteiger partial charge is 0.506 e. The normalized spacial score (nSPS) is 10.7. The van der Waals surface area contributed by atoms with Crippen molar-refractivity contribution in [1.82, 2.24) is 0 Å². The zero-order valence-electron chi connectivity index (χ0n) is 11.5. The molecule has 0 aromatic heterocycles. The fraction of sp³-hybridized carbons (Fsp3) is 0.0556. The van der Waals surface area contributed by atoms with Crippen LogP contribution in [0, 0.1) is 6.92 Å². The number of carboxylic acid groups (broad SMARTS) is 1. The van der Waals surface area contributed by atoms with E-state index >= 15 is 0 Å². The lowest BCUT2D eigenvalue weighted by Crippen LogP contribution is -2.03. The minimum Gasteiger partial charge on any atom is -0.506 e. The van der Waals surface area contributed by atoms with Crippen LogP contribution in [0.4, 0.5) is 0 Å². The third kappa shape index (κ3) is 2.03. The zero-order valence-corrected chi connectivity index (χ0v) is 11.5. The summed E-state index contributed by atoms with van der Waals surface area (Å²) in [4.78, 5) is 11.5. The molecule has 0 saturated carbocycles. The van der Waals surface area contributed by atoms with E-state index in [4.69, 9.17) is 0 Å². The van der Waals surface area contributed by atoms with Gasteiger partial charge in [0.15, 0.2) is 0 Å². The SMILES string of the molecule is Cc1c(C(=O)O)c(O)c2ccccc2c1-c1ccccc1. The van der Waals surface area contributed by atoms with Crippen molar-refractivity contribution in [3.8, 4) is 16.9 Å². The molecule has 0 atom stereocenters. The number of rotatable bonds is 2. The quantitative estimate of drug-likeness (QED) is 0.738. The number of carbonyl (C=O) groups is 1. The first-order chi connectivity index (χ1) is 10.1. The first kappa shape index (κ1) is 13.2. The molecule has 104 valence electrons. The Balaban J connectivity index is 2.51. The highest BCUT2D eigenvalue weighted by atomic mass is 16.4. The summed E-state index contributed by atoms with van der Waals surface area (Å²) >= 11 is 0. The second kappa shape index (κ2) is 4.94. The first-order valence-electron chi connectivity index (χ1n) is 6.64. The minimum absolute atomic E-state index is 0.0347. The molecule has 0 aliphatic heterocycles. The molecule has 0 saturated heterocycles. The lowest BCUT2D eigenvalue weighted by molar-refractivity contribution is 0.0693. The molecule has 0 radical (unpaired) electrons. The van der Waals surface area contributed by atoms with Crippen LogP contribution in [0.1, 0.15) is 15.9 Å². The van der Waals surface area contributed by atoms with Gasteiger partial charge in [0.05, 0.1) is 0 Å². The molecule has 0 unspecified atom stereocenters. The number of benzene rings is 3. The van der Waals surface area contributed by atoms with Crippen LogP contribution in [0.25, 0.3) is 21.9 Å². The fourth-order valence-electron chi connectivity index (χ4n) is 2.79. The van der Waals surface area contributed by atoms with Crippen molar-refractivity contribution in [3.63, 3.8) is 0 Å². The molecule has 0 aliphatic carbocycles. The maximum Gasteiger partial charge on any atom is 0.339 e. The van der Waals surface area contributed by atoms with Crippen LogP contribution >= 0.6 is 0 Å². The van der Waals surface area contributed by atoms with E-state index in [0.717, 1.165) is 16.5 Å². The average Bonchev–Trinajstić information content (AvgIpc) is 2.48. The van der Waals surface area contributed by atoms with Crippen molar-refractivity contribution in [1.29, 1.82) is 0 Å². The standard InChI is InChI=1S/C18H14O3/c1-11-15(12-7-3-2-4-8-12)13-9-5-6-10-14(13)17(19)16(11)18(20)21/h2-10,19H,1H3,(H,20,21). The van der Waals surface area contributed by atoms with Crippen molar-refractivity contribution in [2.24, 2.45) is 0 Å². The number of carboxylic acids is 1. The van der Waals surface area contributed by atoms with Crippen LogP contribution in [0.3, 0.4) is 0 Å². The number of phenols is 1. The van der Waals surface area contributed by atoms with Crippen molar-refractivity contribution in [2.45, 2.75) is 6.92 Å². The summed E-state index contributed by atoms with van der Waals surface area (Å²) in [5, 5.41) is 21.1. The van der Waals surface area contributed by atoms with Crippen molar-refractivity contribution < 1.29 is 15.0 Å². The van der Waals surface area contributed by atoms with Gasteiger partial charge in [0.25, 0.3) is 0 Å². The highest BCUT2D eigenvalue weighted by Gasteiger charge is 2.21. The lowest BCUT2D eigenvalue weighted by atomic mass is 9.89. The van der Waals surface area contributed by atoms with Crippen molar-refractivity contribution in [2.75, 3.05) is 0 Å². The molecule has 2 N–H and O–H groups in total. The van der Waals surface area contributed by atoms with E-state index in [9.17, 15) is 15.0 Å². The predicted octanol–water partition coefficient (Wildman–Crippen LogP) is 4.22. The third-order valence-corrected chi connectivity index (χ3v) is 3.71. The van der Waals surface area contributed by atoms with E-state index in [0.29, 0.717) is 10.9 Å². The van der Waals surface area contributed by atoms with E-state index < -0.39 is 5.97 Å². The van der Waals surface area contributed by atoms with Gasteiger partial charge in [-0.1, -0.05) is 54.6 Å². The summed E-state index contributed by atoms with van der Waals surface area (Å²) < 4.78 is 0. The number of aromatic carboxylic acids is 1. The molecular formula is C18H14O3. The molecule has 3 aromatic carbocycles. The highest BCUT2D eigenvalue weighted by molar-refractivity contribution is 6.09. The van der Waals surface area contributed by atoms with E-state index in [2.05, 4.69) is 0 Å². The fourth-order valence-corrected chi connectivity index (χ4v) is 2.79. The Morgan fingerprint density at radius 2 is 1.48 bits per heavy atom. The van der Waals surface area contributed by atoms with Crippen molar-refractivity contribution in [3.05, 3.63) is 65.7 Å². The van der Waals surface area contributed by atoms with E-state index in [-0.39, 0.29) is 11.3 Å². The molecule has 0 spiro atoms. The van der Waals surface area contributed by atoms with Gasteiger partial charge >= 0.3 is 5.97 Å². The number of hydrogen-bond acceptors (Lipinski definition) is 2. The Bertz CT molecular complexity index is 836.